The third-order valence-electron chi connectivity index (χ3n) is 4.04. The number of carbonyl (C=O) groups excluding carboxylic acids is 1. The van der Waals surface area contributed by atoms with E-state index >= 15 is 0 Å². The van der Waals surface area contributed by atoms with Crippen LogP contribution in [0.15, 0.2) is 52.2 Å². The summed E-state index contributed by atoms with van der Waals surface area (Å²) in [6.07, 6.45) is 1.58. The molecule has 0 saturated carbocycles. The molecule has 0 atom stereocenters. The molecular formula is C18H21N5O2S. The molecule has 0 aliphatic rings. The fourth-order valence-electron chi connectivity index (χ4n) is 2.57. The van der Waals surface area contributed by atoms with Crippen LogP contribution < -0.4 is 5.84 Å². The summed E-state index contributed by atoms with van der Waals surface area (Å²) >= 11 is 1.28. The zero-order valence-corrected chi connectivity index (χ0v) is 15.6. The van der Waals surface area contributed by atoms with Crippen molar-refractivity contribution in [3.8, 4) is 11.4 Å². The molecule has 8 heteroatoms. The molecule has 0 aliphatic carbocycles. The van der Waals surface area contributed by atoms with Gasteiger partial charge in [0.05, 0.1) is 17.6 Å². The number of hydrogen-bond acceptors (Lipinski definition) is 6. The van der Waals surface area contributed by atoms with Crippen LogP contribution in [0.2, 0.25) is 0 Å². The Morgan fingerprint density at radius 2 is 2.04 bits per heavy atom. The van der Waals surface area contributed by atoms with E-state index in [9.17, 15) is 4.79 Å². The minimum Gasteiger partial charge on any atom is -0.469 e. The number of aryl methyl sites for hydroxylation is 1. The Morgan fingerprint density at radius 3 is 2.69 bits per heavy atom. The standard InChI is InChI=1S/C18H21N5O2S/c1-3-22(11-14-7-5-4-6-8-14)16(24)12-26-18-21-20-17(23(18)19)15-9-10-25-13(15)2/h4-10H,3,11-12,19H2,1-2H3. The summed E-state index contributed by atoms with van der Waals surface area (Å²) in [6.45, 7) is 5.04. The van der Waals surface area contributed by atoms with Crippen molar-refractivity contribution in [2.75, 3.05) is 18.1 Å². The average molecular weight is 371 g/mol. The number of furan rings is 1. The number of aromatic nitrogens is 3. The van der Waals surface area contributed by atoms with Crippen LogP contribution in [0.3, 0.4) is 0 Å². The molecule has 2 N–H and O–H groups in total. The normalized spacial score (nSPS) is 10.8. The molecule has 1 aromatic carbocycles. The molecule has 26 heavy (non-hydrogen) atoms. The van der Waals surface area contributed by atoms with Crippen LogP contribution in [0.1, 0.15) is 18.2 Å². The van der Waals surface area contributed by atoms with Gasteiger partial charge < -0.3 is 15.2 Å². The Kier molecular flexibility index (Phi) is 5.62. The zero-order valence-electron chi connectivity index (χ0n) is 14.8. The second-order valence-corrected chi connectivity index (χ2v) is 6.69. The van der Waals surface area contributed by atoms with Gasteiger partial charge in [0.1, 0.15) is 5.76 Å². The van der Waals surface area contributed by atoms with E-state index in [1.807, 2.05) is 44.2 Å². The number of nitrogen functional groups attached to an aromatic ring is 1. The highest BCUT2D eigenvalue weighted by Crippen LogP contribution is 2.25. The first-order valence-electron chi connectivity index (χ1n) is 8.29. The quantitative estimate of drug-likeness (QED) is 0.507. The smallest absolute Gasteiger partial charge is 0.233 e. The predicted octanol–water partition coefficient (Wildman–Crippen LogP) is 2.70. The molecule has 0 saturated heterocycles. The van der Waals surface area contributed by atoms with Crippen LogP contribution >= 0.6 is 11.8 Å². The van der Waals surface area contributed by atoms with Crippen LogP contribution in [-0.2, 0) is 11.3 Å². The van der Waals surface area contributed by atoms with Gasteiger partial charge in [0.25, 0.3) is 0 Å². The van der Waals surface area contributed by atoms with Crippen molar-refractivity contribution >= 4 is 17.7 Å². The Balaban J connectivity index is 1.64. The molecule has 2 aromatic heterocycles. The first-order chi connectivity index (χ1) is 12.6. The minimum atomic E-state index is 0.0328. The molecule has 136 valence electrons. The summed E-state index contributed by atoms with van der Waals surface area (Å²) in [6, 6.07) is 11.7. The molecule has 0 radical (unpaired) electrons. The molecule has 1 amide bonds. The maximum atomic E-state index is 12.5. The highest BCUT2D eigenvalue weighted by molar-refractivity contribution is 7.99. The Morgan fingerprint density at radius 1 is 1.27 bits per heavy atom. The zero-order chi connectivity index (χ0) is 18.5. The molecule has 0 aliphatic heterocycles. The van der Waals surface area contributed by atoms with E-state index in [4.69, 9.17) is 10.3 Å². The fraction of sp³-hybridized carbons (Fsp3) is 0.278. The van der Waals surface area contributed by atoms with Crippen LogP contribution in [0.5, 0.6) is 0 Å². The van der Waals surface area contributed by atoms with Crippen molar-refractivity contribution in [2.45, 2.75) is 25.5 Å². The number of hydrogen-bond donors (Lipinski definition) is 1. The SMILES string of the molecule is CCN(Cc1ccccc1)C(=O)CSc1nnc(-c2ccoc2C)n1N. The van der Waals surface area contributed by atoms with Gasteiger partial charge in [-0.15, -0.1) is 10.2 Å². The molecular weight excluding hydrogens is 350 g/mol. The summed E-state index contributed by atoms with van der Waals surface area (Å²) in [5.41, 5.74) is 1.89. The number of carbonyl (C=O) groups is 1. The summed E-state index contributed by atoms with van der Waals surface area (Å²) < 4.78 is 6.67. The molecule has 3 aromatic rings. The van der Waals surface area contributed by atoms with Gasteiger partial charge in [0, 0.05) is 13.1 Å². The van der Waals surface area contributed by atoms with Crippen LogP contribution in [-0.4, -0.2) is 38.0 Å². The van der Waals surface area contributed by atoms with E-state index in [0.717, 1.165) is 16.9 Å². The van der Waals surface area contributed by atoms with Crippen molar-refractivity contribution in [3.63, 3.8) is 0 Å². The third-order valence-corrected chi connectivity index (χ3v) is 4.97. The topological polar surface area (TPSA) is 90.2 Å². The number of thioether (sulfide) groups is 1. The number of amides is 1. The average Bonchev–Trinajstić information content (AvgIpc) is 3.23. The van der Waals surface area contributed by atoms with E-state index in [1.165, 1.54) is 16.4 Å². The lowest BCUT2D eigenvalue weighted by Crippen LogP contribution is -2.31. The minimum absolute atomic E-state index is 0.0328. The fourth-order valence-corrected chi connectivity index (χ4v) is 3.33. The summed E-state index contributed by atoms with van der Waals surface area (Å²) in [5.74, 6) is 7.60. The molecule has 0 unspecified atom stereocenters. The Bertz CT molecular complexity index is 875. The predicted molar refractivity (Wildman–Crippen MR) is 101 cm³/mol. The van der Waals surface area contributed by atoms with E-state index in [0.29, 0.717) is 24.1 Å². The first-order valence-corrected chi connectivity index (χ1v) is 9.28. The maximum absolute atomic E-state index is 12.5. The number of benzene rings is 1. The lowest BCUT2D eigenvalue weighted by atomic mass is 10.2. The Hall–Kier alpha value is -2.74. The lowest BCUT2D eigenvalue weighted by Gasteiger charge is -2.20. The van der Waals surface area contributed by atoms with Gasteiger partial charge in [-0.05, 0) is 25.5 Å². The van der Waals surface area contributed by atoms with Crippen molar-refractivity contribution < 1.29 is 9.21 Å². The molecule has 0 bridgehead atoms. The summed E-state index contributed by atoms with van der Waals surface area (Å²) in [5, 5.41) is 8.69. The second-order valence-electron chi connectivity index (χ2n) is 5.75. The van der Waals surface area contributed by atoms with Crippen molar-refractivity contribution in [1.82, 2.24) is 19.8 Å². The van der Waals surface area contributed by atoms with Gasteiger partial charge in [0.15, 0.2) is 5.82 Å². The number of nitrogens with two attached hydrogens (primary N) is 1. The van der Waals surface area contributed by atoms with Gasteiger partial charge in [0.2, 0.25) is 11.1 Å². The molecule has 0 spiro atoms. The second kappa shape index (κ2) is 8.09. The molecule has 2 heterocycles. The summed E-state index contributed by atoms with van der Waals surface area (Å²) in [4.78, 5) is 14.4. The van der Waals surface area contributed by atoms with Crippen molar-refractivity contribution in [2.24, 2.45) is 0 Å². The van der Waals surface area contributed by atoms with Gasteiger partial charge >= 0.3 is 0 Å². The van der Waals surface area contributed by atoms with Gasteiger partial charge in [-0.3, -0.25) is 4.79 Å². The van der Waals surface area contributed by atoms with Gasteiger partial charge in [-0.2, -0.15) is 0 Å². The van der Waals surface area contributed by atoms with E-state index in [1.54, 1.807) is 17.2 Å². The number of nitrogens with zero attached hydrogens (tertiary/aromatic N) is 4. The Labute approximate surface area is 156 Å². The van der Waals surface area contributed by atoms with E-state index in [-0.39, 0.29) is 11.7 Å². The van der Waals surface area contributed by atoms with Crippen LogP contribution in [0.25, 0.3) is 11.4 Å². The van der Waals surface area contributed by atoms with Gasteiger partial charge in [-0.25, -0.2) is 4.68 Å². The monoisotopic (exact) mass is 371 g/mol. The number of rotatable bonds is 7. The van der Waals surface area contributed by atoms with E-state index < -0.39 is 0 Å². The lowest BCUT2D eigenvalue weighted by molar-refractivity contribution is -0.128. The largest absolute Gasteiger partial charge is 0.469 e. The third kappa shape index (κ3) is 3.91. The van der Waals surface area contributed by atoms with E-state index in [2.05, 4.69) is 10.2 Å². The molecule has 3 rings (SSSR count). The highest BCUT2D eigenvalue weighted by atomic mass is 32.2. The maximum Gasteiger partial charge on any atom is 0.233 e. The highest BCUT2D eigenvalue weighted by Gasteiger charge is 2.18. The van der Waals surface area contributed by atoms with Crippen LogP contribution in [0, 0.1) is 6.92 Å². The van der Waals surface area contributed by atoms with Crippen molar-refractivity contribution in [3.05, 3.63) is 54.0 Å². The van der Waals surface area contributed by atoms with Gasteiger partial charge in [-0.1, -0.05) is 42.1 Å². The molecule has 0 fully saturated rings. The summed E-state index contributed by atoms with van der Waals surface area (Å²) in [7, 11) is 0. The molecule has 7 nitrogen and oxygen atoms in total. The van der Waals surface area contributed by atoms with Crippen LogP contribution in [0.4, 0.5) is 0 Å². The first kappa shape index (κ1) is 18.1. The van der Waals surface area contributed by atoms with Crippen molar-refractivity contribution in [1.29, 1.82) is 0 Å².